The van der Waals surface area contributed by atoms with Gasteiger partial charge >= 0.3 is 6.03 Å². The summed E-state index contributed by atoms with van der Waals surface area (Å²) in [6.45, 7) is 8.40. The zero-order valence-electron chi connectivity index (χ0n) is 14.1. The van der Waals surface area contributed by atoms with Crippen molar-refractivity contribution in [1.29, 1.82) is 0 Å². The Bertz CT molecular complexity index is 538. The number of carbonyl (C=O) groups excluding carboxylic acids is 1. The minimum absolute atomic E-state index is 0.0543. The molecule has 6 heteroatoms. The van der Waals surface area contributed by atoms with Gasteiger partial charge in [-0.05, 0) is 50.1 Å². The van der Waals surface area contributed by atoms with Gasteiger partial charge in [-0.3, -0.25) is 4.90 Å². The number of aryl methyl sites for hydroxylation is 1. The third kappa shape index (κ3) is 4.05. The van der Waals surface area contributed by atoms with E-state index in [4.69, 9.17) is 4.74 Å². The van der Waals surface area contributed by atoms with Gasteiger partial charge in [-0.2, -0.15) is 0 Å². The summed E-state index contributed by atoms with van der Waals surface area (Å²) in [6.07, 6.45) is 3.33. The molecule has 2 N–H and O–H groups in total. The number of ether oxygens (including phenoxy) is 1. The van der Waals surface area contributed by atoms with Crippen LogP contribution in [-0.4, -0.2) is 49.3 Å². The highest BCUT2D eigenvalue weighted by molar-refractivity contribution is 7.10. The number of nitrogens with zero attached hydrogens (tertiary/aromatic N) is 1. The maximum atomic E-state index is 12.3. The van der Waals surface area contributed by atoms with Crippen LogP contribution in [0.1, 0.15) is 43.2 Å². The van der Waals surface area contributed by atoms with E-state index < -0.39 is 0 Å². The number of morpholine rings is 1. The fraction of sp³-hybridized carbons (Fsp3) is 0.706. The molecule has 0 bridgehead atoms. The van der Waals surface area contributed by atoms with E-state index in [-0.39, 0.29) is 17.6 Å². The summed E-state index contributed by atoms with van der Waals surface area (Å²) in [7, 11) is 0. The summed E-state index contributed by atoms with van der Waals surface area (Å²) in [6, 6.07) is 2.26. The summed E-state index contributed by atoms with van der Waals surface area (Å²) in [4.78, 5) is 16.1. The zero-order valence-corrected chi connectivity index (χ0v) is 14.9. The molecule has 1 fully saturated rings. The molecule has 0 radical (unpaired) electrons. The molecule has 1 saturated heterocycles. The van der Waals surface area contributed by atoms with Crippen LogP contribution in [0.25, 0.3) is 0 Å². The van der Waals surface area contributed by atoms with Crippen LogP contribution in [0.5, 0.6) is 0 Å². The molecule has 3 rings (SSSR count). The van der Waals surface area contributed by atoms with Gasteiger partial charge < -0.3 is 15.4 Å². The average molecular weight is 337 g/mol. The lowest BCUT2D eigenvalue weighted by Crippen LogP contribution is -2.56. The number of nitrogens with one attached hydrogen (secondary N) is 2. The first kappa shape index (κ1) is 16.7. The van der Waals surface area contributed by atoms with Crippen molar-refractivity contribution in [3.05, 3.63) is 21.9 Å². The molecule has 1 aliphatic heterocycles. The van der Waals surface area contributed by atoms with Crippen molar-refractivity contribution in [2.75, 3.05) is 32.8 Å². The molecule has 1 aromatic heterocycles. The minimum atomic E-state index is -0.0598. The molecule has 23 heavy (non-hydrogen) atoms. The van der Waals surface area contributed by atoms with Gasteiger partial charge in [0.2, 0.25) is 0 Å². The van der Waals surface area contributed by atoms with E-state index >= 15 is 0 Å². The molecule has 5 nitrogen and oxygen atoms in total. The van der Waals surface area contributed by atoms with Gasteiger partial charge in [0.1, 0.15) is 0 Å². The Kier molecular flexibility index (Phi) is 5.24. The first-order chi connectivity index (χ1) is 11.1. The second-order valence-corrected chi connectivity index (χ2v) is 7.98. The third-order valence-corrected chi connectivity index (χ3v) is 5.90. The first-order valence-corrected chi connectivity index (χ1v) is 9.38. The van der Waals surface area contributed by atoms with E-state index in [0.717, 1.165) is 45.6 Å². The fourth-order valence-electron chi connectivity index (χ4n) is 3.42. The van der Waals surface area contributed by atoms with Gasteiger partial charge in [0.25, 0.3) is 0 Å². The van der Waals surface area contributed by atoms with E-state index in [0.29, 0.717) is 6.54 Å². The van der Waals surface area contributed by atoms with Crippen LogP contribution in [0.3, 0.4) is 0 Å². The maximum Gasteiger partial charge on any atom is 0.315 e. The highest BCUT2D eigenvalue weighted by atomic mass is 32.1. The number of hydrogen-bond donors (Lipinski definition) is 2. The van der Waals surface area contributed by atoms with Gasteiger partial charge in [0.15, 0.2) is 0 Å². The normalized spacial score (nSPS) is 22.4. The highest BCUT2D eigenvalue weighted by Crippen LogP contribution is 2.33. The molecule has 0 saturated carbocycles. The predicted molar refractivity (Wildman–Crippen MR) is 93.0 cm³/mol. The molecule has 1 aliphatic carbocycles. The number of hydrogen-bond acceptors (Lipinski definition) is 4. The van der Waals surface area contributed by atoms with Gasteiger partial charge in [-0.1, -0.05) is 0 Å². The first-order valence-electron chi connectivity index (χ1n) is 8.50. The lowest BCUT2D eigenvalue weighted by atomic mass is 9.94. The third-order valence-electron chi connectivity index (χ3n) is 4.91. The fourth-order valence-corrected chi connectivity index (χ4v) is 4.41. The second kappa shape index (κ2) is 7.20. The molecule has 0 spiro atoms. The van der Waals surface area contributed by atoms with Crippen molar-refractivity contribution in [3.63, 3.8) is 0 Å². The van der Waals surface area contributed by atoms with Gasteiger partial charge in [-0.15, -0.1) is 11.3 Å². The summed E-state index contributed by atoms with van der Waals surface area (Å²) >= 11 is 1.80. The van der Waals surface area contributed by atoms with Crippen molar-refractivity contribution < 1.29 is 9.53 Å². The predicted octanol–water partition coefficient (Wildman–Crippen LogP) is 2.54. The van der Waals surface area contributed by atoms with Gasteiger partial charge in [-0.25, -0.2) is 4.79 Å². The number of urea groups is 1. The number of rotatable bonds is 4. The molecule has 1 aromatic rings. The van der Waals surface area contributed by atoms with Crippen molar-refractivity contribution in [2.45, 2.75) is 44.7 Å². The maximum absolute atomic E-state index is 12.3. The van der Waals surface area contributed by atoms with E-state index in [1.807, 2.05) is 0 Å². The largest absolute Gasteiger partial charge is 0.379 e. The molecule has 0 unspecified atom stereocenters. The smallest absolute Gasteiger partial charge is 0.315 e. The Morgan fingerprint density at radius 2 is 2.22 bits per heavy atom. The van der Waals surface area contributed by atoms with Crippen LogP contribution in [0, 0.1) is 0 Å². The quantitative estimate of drug-likeness (QED) is 0.888. The average Bonchev–Trinajstić information content (AvgIpc) is 3.04. The molecule has 128 valence electrons. The van der Waals surface area contributed by atoms with Crippen LogP contribution in [0.2, 0.25) is 0 Å². The monoisotopic (exact) mass is 337 g/mol. The Labute approximate surface area is 142 Å². The van der Waals surface area contributed by atoms with E-state index in [1.54, 1.807) is 11.3 Å². The summed E-state index contributed by atoms with van der Waals surface area (Å²) in [5.41, 5.74) is 1.25. The topological polar surface area (TPSA) is 53.6 Å². The summed E-state index contributed by atoms with van der Waals surface area (Å²) in [5.74, 6) is 0. The number of carbonyl (C=O) groups is 1. The molecule has 2 aliphatic rings. The Morgan fingerprint density at radius 1 is 1.43 bits per heavy atom. The van der Waals surface area contributed by atoms with Crippen LogP contribution >= 0.6 is 11.3 Å². The molecule has 0 aromatic carbocycles. The standard InChI is InChI=1S/C17H27N3O2S/c1-17(2,20-7-9-22-10-8-20)12-18-16(21)19-14-4-3-5-15-13(14)6-11-23-15/h6,11,14H,3-5,7-10,12H2,1-2H3,(H2,18,19,21)/t14-/m0/s1. The van der Waals surface area contributed by atoms with Crippen molar-refractivity contribution >= 4 is 17.4 Å². The van der Waals surface area contributed by atoms with Crippen LogP contribution < -0.4 is 10.6 Å². The number of fused-ring (bicyclic) bond motifs is 1. The van der Waals surface area contributed by atoms with Gasteiger partial charge in [0.05, 0.1) is 19.3 Å². The second-order valence-electron chi connectivity index (χ2n) is 6.98. The lowest BCUT2D eigenvalue weighted by Gasteiger charge is -2.41. The highest BCUT2D eigenvalue weighted by Gasteiger charge is 2.29. The summed E-state index contributed by atoms with van der Waals surface area (Å²) in [5, 5.41) is 8.34. The van der Waals surface area contributed by atoms with Crippen LogP contribution in [0.4, 0.5) is 4.79 Å². The minimum Gasteiger partial charge on any atom is -0.379 e. The molecular formula is C17H27N3O2S. The van der Waals surface area contributed by atoms with E-state index in [2.05, 4.69) is 40.8 Å². The lowest BCUT2D eigenvalue weighted by molar-refractivity contribution is -0.00877. The molecule has 2 heterocycles. The number of thiophene rings is 1. The molecule has 1 atom stereocenters. The Balaban J connectivity index is 1.50. The molecular weight excluding hydrogens is 310 g/mol. The SMILES string of the molecule is CC(C)(CNC(=O)N[C@H]1CCCc2sccc21)N1CCOCC1. The zero-order chi connectivity index (χ0) is 16.3. The van der Waals surface area contributed by atoms with Crippen molar-refractivity contribution in [2.24, 2.45) is 0 Å². The van der Waals surface area contributed by atoms with Crippen LogP contribution in [0.15, 0.2) is 11.4 Å². The summed E-state index contributed by atoms with van der Waals surface area (Å²) < 4.78 is 5.41. The van der Waals surface area contributed by atoms with Crippen LogP contribution in [-0.2, 0) is 11.2 Å². The Hall–Kier alpha value is -1.11. The Morgan fingerprint density at radius 3 is 3.00 bits per heavy atom. The van der Waals surface area contributed by atoms with E-state index in [9.17, 15) is 4.79 Å². The molecule has 2 amide bonds. The van der Waals surface area contributed by atoms with E-state index in [1.165, 1.54) is 10.4 Å². The number of amides is 2. The van der Waals surface area contributed by atoms with Gasteiger partial charge in [0, 0.05) is 30.1 Å². The van der Waals surface area contributed by atoms with Crippen molar-refractivity contribution in [1.82, 2.24) is 15.5 Å². The van der Waals surface area contributed by atoms with Crippen molar-refractivity contribution in [3.8, 4) is 0 Å².